The number of nitrogens with zero attached hydrogens (tertiary/aromatic N) is 2. The number of aryl methyl sites for hydroxylation is 2. The molecule has 166 valence electrons. The Bertz CT molecular complexity index is 969. The van der Waals surface area contributed by atoms with Gasteiger partial charge in [0, 0.05) is 20.0 Å². The number of carboxylic acid groups (broad SMARTS) is 2. The first-order valence-corrected chi connectivity index (χ1v) is 9.74. The van der Waals surface area contributed by atoms with Gasteiger partial charge in [-0.2, -0.15) is 0 Å². The first-order valence-electron chi connectivity index (χ1n) is 9.74. The third-order valence-electron chi connectivity index (χ3n) is 4.84. The van der Waals surface area contributed by atoms with Crippen LogP contribution in [0, 0.1) is 6.92 Å². The number of amides is 2. The standard InChI is InChI=1S/C21H26N4O6/c1-5-14-9-17-15(8-11(14)2)24-19(20(29)23-13(4)26)12(3)25(17)7-6-22-16(21(30)31)10-18(27)28/h8-9,16,22H,3,5-7,10H2,1-2,4H3,(H,27,28)(H,30,31)(H,23,26,29). The molecule has 1 aromatic rings. The zero-order valence-corrected chi connectivity index (χ0v) is 17.7. The highest BCUT2D eigenvalue weighted by atomic mass is 16.4. The van der Waals surface area contributed by atoms with Crippen LogP contribution in [0.1, 0.15) is 31.4 Å². The van der Waals surface area contributed by atoms with Gasteiger partial charge in [0.2, 0.25) is 5.91 Å². The van der Waals surface area contributed by atoms with Crippen molar-refractivity contribution in [1.29, 1.82) is 0 Å². The number of aliphatic imine (C=N–C) groups is 1. The average Bonchev–Trinajstić information content (AvgIpc) is 2.67. The molecule has 0 aliphatic carbocycles. The third kappa shape index (κ3) is 5.76. The van der Waals surface area contributed by atoms with Gasteiger partial charge in [0.15, 0.2) is 5.71 Å². The Kier molecular flexibility index (Phi) is 7.65. The maximum atomic E-state index is 12.5. The van der Waals surface area contributed by atoms with Gasteiger partial charge in [-0.3, -0.25) is 24.5 Å². The molecule has 0 saturated carbocycles. The highest BCUT2D eigenvalue weighted by molar-refractivity contribution is 6.48. The average molecular weight is 430 g/mol. The van der Waals surface area contributed by atoms with Crippen molar-refractivity contribution < 1.29 is 29.4 Å². The third-order valence-corrected chi connectivity index (χ3v) is 4.84. The fourth-order valence-corrected chi connectivity index (χ4v) is 3.30. The molecule has 10 heteroatoms. The number of rotatable bonds is 9. The molecule has 2 amide bonds. The van der Waals surface area contributed by atoms with E-state index < -0.39 is 36.2 Å². The van der Waals surface area contributed by atoms with Gasteiger partial charge < -0.3 is 20.4 Å². The predicted molar refractivity (Wildman–Crippen MR) is 115 cm³/mol. The molecular weight excluding hydrogens is 404 g/mol. The summed E-state index contributed by atoms with van der Waals surface area (Å²) < 4.78 is 0. The van der Waals surface area contributed by atoms with Crippen molar-refractivity contribution in [3.63, 3.8) is 0 Å². The number of aliphatic carboxylic acids is 2. The molecule has 0 bridgehead atoms. The predicted octanol–water partition coefficient (Wildman–Crippen LogP) is 1.14. The zero-order valence-electron chi connectivity index (χ0n) is 17.7. The summed E-state index contributed by atoms with van der Waals surface area (Å²) in [6.45, 7) is 9.42. The van der Waals surface area contributed by atoms with Crippen LogP contribution < -0.4 is 15.5 Å². The second-order valence-corrected chi connectivity index (χ2v) is 7.13. The van der Waals surface area contributed by atoms with Gasteiger partial charge in [0.05, 0.1) is 23.5 Å². The smallest absolute Gasteiger partial charge is 0.321 e. The Labute approximate surface area is 179 Å². The Balaban J connectivity index is 2.35. The first-order chi connectivity index (χ1) is 14.5. The molecule has 0 fully saturated rings. The van der Waals surface area contributed by atoms with E-state index in [0.29, 0.717) is 11.4 Å². The molecule has 1 aliphatic rings. The second kappa shape index (κ2) is 9.98. The lowest BCUT2D eigenvalue weighted by Gasteiger charge is -2.33. The van der Waals surface area contributed by atoms with Crippen LogP contribution >= 0.6 is 0 Å². The van der Waals surface area contributed by atoms with Gasteiger partial charge in [0.1, 0.15) is 6.04 Å². The van der Waals surface area contributed by atoms with Gasteiger partial charge in [-0.15, -0.1) is 0 Å². The van der Waals surface area contributed by atoms with Gasteiger partial charge >= 0.3 is 11.9 Å². The molecular formula is C21H26N4O6. The monoisotopic (exact) mass is 430 g/mol. The maximum Gasteiger partial charge on any atom is 0.321 e. The molecule has 1 aliphatic heterocycles. The number of hydrogen-bond donors (Lipinski definition) is 4. The number of carboxylic acids is 2. The minimum Gasteiger partial charge on any atom is -0.481 e. The summed E-state index contributed by atoms with van der Waals surface area (Å²) in [4.78, 5) is 52.1. The first kappa shape index (κ1) is 23.7. The molecule has 1 atom stereocenters. The molecule has 0 saturated heterocycles. The zero-order chi connectivity index (χ0) is 23.3. The van der Waals surface area contributed by atoms with Crippen LogP contribution in [0.5, 0.6) is 0 Å². The van der Waals surface area contributed by atoms with Crippen molar-refractivity contribution in [3.05, 3.63) is 35.5 Å². The summed E-state index contributed by atoms with van der Waals surface area (Å²) in [5.74, 6) is -3.72. The normalized spacial score (nSPS) is 13.8. The molecule has 0 spiro atoms. The van der Waals surface area contributed by atoms with E-state index in [9.17, 15) is 24.3 Å². The SMILES string of the molecule is C=C1C(C(=O)NC(C)=O)=Nc2cc(C)c(CC)cc2N1CCNC(CC(=O)O)C(=O)O. The fourth-order valence-electron chi connectivity index (χ4n) is 3.30. The number of imide groups is 1. The van der Waals surface area contributed by atoms with Crippen LogP contribution in [0.2, 0.25) is 0 Å². The van der Waals surface area contributed by atoms with E-state index in [1.807, 2.05) is 26.0 Å². The van der Waals surface area contributed by atoms with E-state index in [-0.39, 0.29) is 24.5 Å². The lowest BCUT2D eigenvalue weighted by atomic mass is 10.0. The van der Waals surface area contributed by atoms with E-state index >= 15 is 0 Å². The van der Waals surface area contributed by atoms with Crippen LogP contribution in [0.3, 0.4) is 0 Å². The number of carbonyl (C=O) groups excluding carboxylic acids is 2. The number of anilines is 1. The van der Waals surface area contributed by atoms with Crippen molar-refractivity contribution in [3.8, 4) is 0 Å². The van der Waals surface area contributed by atoms with Crippen molar-refractivity contribution in [2.45, 2.75) is 39.7 Å². The van der Waals surface area contributed by atoms with E-state index in [1.54, 1.807) is 4.90 Å². The quantitative estimate of drug-likeness (QED) is 0.456. The molecule has 0 radical (unpaired) electrons. The van der Waals surface area contributed by atoms with E-state index in [0.717, 1.165) is 17.5 Å². The summed E-state index contributed by atoms with van der Waals surface area (Å²) in [6.07, 6.45) is 0.207. The Morgan fingerprint density at radius 1 is 1.23 bits per heavy atom. The maximum absolute atomic E-state index is 12.5. The molecule has 31 heavy (non-hydrogen) atoms. The number of hydrogen-bond acceptors (Lipinski definition) is 7. The highest BCUT2D eigenvalue weighted by Crippen LogP contribution is 2.38. The molecule has 1 unspecified atom stereocenters. The van der Waals surface area contributed by atoms with Crippen molar-refractivity contribution in [1.82, 2.24) is 10.6 Å². The summed E-state index contributed by atoms with van der Waals surface area (Å²) >= 11 is 0. The highest BCUT2D eigenvalue weighted by Gasteiger charge is 2.29. The molecule has 10 nitrogen and oxygen atoms in total. The Morgan fingerprint density at radius 3 is 2.45 bits per heavy atom. The number of fused-ring (bicyclic) bond motifs is 1. The molecule has 4 N–H and O–H groups in total. The van der Waals surface area contributed by atoms with Crippen LogP contribution in [0.25, 0.3) is 0 Å². The minimum atomic E-state index is -1.27. The number of nitrogens with one attached hydrogen (secondary N) is 2. The molecule has 1 heterocycles. The lowest BCUT2D eigenvalue weighted by Crippen LogP contribution is -2.45. The van der Waals surface area contributed by atoms with E-state index in [2.05, 4.69) is 22.2 Å². The summed E-state index contributed by atoms with van der Waals surface area (Å²) in [5.41, 5.74) is 3.52. The lowest BCUT2D eigenvalue weighted by molar-refractivity contribution is -0.145. The summed E-state index contributed by atoms with van der Waals surface area (Å²) in [6, 6.07) is 2.52. The van der Waals surface area contributed by atoms with Gasteiger partial charge in [-0.05, 0) is 36.6 Å². The molecule has 2 rings (SSSR count). The summed E-state index contributed by atoms with van der Waals surface area (Å²) in [5, 5.41) is 23.0. The van der Waals surface area contributed by atoms with E-state index in [1.165, 1.54) is 6.92 Å². The van der Waals surface area contributed by atoms with Gasteiger partial charge in [-0.1, -0.05) is 13.5 Å². The fraction of sp³-hybridized carbons (Fsp3) is 0.381. The van der Waals surface area contributed by atoms with Crippen molar-refractivity contribution >= 4 is 40.8 Å². The Hall–Kier alpha value is -3.53. The van der Waals surface area contributed by atoms with Gasteiger partial charge in [0.25, 0.3) is 5.91 Å². The molecule has 1 aromatic carbocycles. The van der Waals surface area contributed by atoms with Crippen molar-refractivity contribution in [2.24, 2.45) is 4.99 Å². The van der Waals surface area contributed by atoms with Gasteiger partial charge in [-0.25, -0.2) is 4.99 Å². The number of carbonyl (C=O) groups is 4. The topological polar surface area (TPSA) is 148 Å². The van der Waals surface area contributed by atoms with Crippen LogP contribution in [-0.4, -0.2) is 58.8 Å². The van der Waals surface area contributed by atoms with Crippen LogP contribution in [-0.2, 0) is 25.6 Å². The Morgan fingerprint density at radius 2 is 1.90 bits per heavy atom. The van der Waals surface area contributed by atoms with Crippen LogP contribution in [0.15, 0.2) is 29.4 Å². The van der Waals surface area contributed by atoms with Crippen LogP contribution in [0.4, 0.5) is 11.4 Å². The molecule has 0 aromatic heterocycles. The second-order valence-electron chi connectivity index (χ2n) is 7.13. The minimum absolute atomic E-state index is 0.0216. The summed E-state index contributed by atoms with van der Waals surface area (Å²) in [7, 11) is 0. The van der Waals surface area contributed by atoms with E-state index in [4.69, 9.17) is 5.11 Å². The number of benzene rings is 1. The largest absolute Gasteiger partial charge is 0.481 e. The van der Waals surface area contributed by atoms with Crippen molar-refractivity contribution in [2.75, 3.05) is 18.0 Å².